The molecule has 0 fully saturated rings. The number of nitrogens with zero attached hydrogens (tertiary/aromatic N) is 1. The Morgan fingerprint density at radius 2 is 0.936 bits per heavy atom. The summed E-state index contributed by atoms with van der Waals surface area (Å²) in [5, 5.41) is 1.84. The van der Waals surface area contributed by atoms with E-state index in [1.165, 1.54) is 4.90 Å². The van der Waals surface area contributed by atoms with E-state index in [9.17, 15) is 8.22 Å². The number of benzene rings is 8. The van der Waals surface area contributed by atoms with Crippen molar-refractivity contribution >= 4 is 27.8 Å². The molecule has 0 atom stereocenters. The molecule has 0 heterocycles. The molecule has 0 aliphatic carbocycles. The van der Waals surface area contributed by atoms with E-state index in [1.54, 1.807) is 42.5 Å². The van der Waals surface area contributed by atoms with Crippen LogP contribution in [0.1, 0.15) is 11.0 Å². The van der Waals surface area contributed by atoms with E-state index in [0.717, 1.165) is 27.5 Å². The van der Waals surface area contributed by atoms with Crippen molar-refractivity contribution in [2.45, 2.75) is 0 Å². The summed E-state index contributed by atoms with van der Waals surface area (Å²) in [7, 11) is 0. The first kappa shape index (κ1) is 20.8. The monoisotopic (exact) mass is 607 g/mol. The van der Waals surface area contributed by atoms with Crippen molar-refractivity contribution in [3.8, 4) is 44.5 Å². The third kappa shape index (κ3) is 5.83. The van der Waals surface area contributed by atoms with Gasteiger partial charge in [0.25, 0.3) is 0 Å². The van der Waals surface area contributed by atoms with Gasteiger partial charge >= 0.3 is 0 Å². The van der Waals surface area contributed by atoms with Crippen LogP contribution in [0.2, 0.25) is 0 Å². The smallest absolute Gasteiger partial charge is 0.0651 e. The fourth-order valence-electron chi connectivity index (χ4n) is 5.84. The van der Waals surface area contributed by atoms with Gasteiger partial charge in [-0.3, -0.25) is 0 Å². The lowest BCUT2D eigenvalue weighted by Crippen LogP contribution is -2.11. The van der Waals surface area contributed by atoms with Crippen molar-refractivity contribution in [2.24, 2.45) is 0 Å². The molecule has 0 bridgehead atoms. The number of fused-ring (bicyclic) bond motifs is 1. The van der Waals surface area contributed by atoms with Gasteiger partial charge in [-0.25, -0.2) is 0 Å². The van der Waals surface area contributed by atoms with Gasteiger partial charge in [0.15, 0.2) is 0 Å². The first-order valence-electron chi connectivity index (χ1n) is 19.5. The highest BCUT2D eigenvalue weighted by atomic mass is 15.1. The molecule has 222 valence electrons. The highest BCUT2D eigenvalue weighted by Crippen LogP contribution is 2.42. The molecular weight excluding hydrogens is 567 g/mol. The van der Waals surface area contributed by atoms with Crippen LogP contribution >= 0.6 is 0 Å². The van der Waals surface area contributed by atoms with Crippen molar-refractivity contribution in [2.75, 3.05) is 4.90 Å². The Bertz CT molecular complexity index is 2700. The van der Waals surface area contributed by atoms with Crippen LogP contribution in [0.4, 0.5) is 17.1 Å². The average Bonchev–Trinajstić information content (AvgIpc) is 3.22. The van der Waals surface area contributed by atoms with E-state index in [4.69, 9.17) is 2.74 Å². The second kappa shape index (κ2) is 12.7. The second-order valence-electron chi connectivity index (χ2n) is 11.2. The van der Waals surface area contributed by atoms with Gasteiger partial charge in [0.05, 0.1) is 16.7 Å². The normalized spacial score (nSPS) is 13.4. The third-order valence-electron chi connectivity index (χ3n) is 8.22. The number of para-hydroxylation sites is 1. The summed E-state index contributed by atoms with van der Waals surface area (Å²) in [4.78, 5) is 1.42. The highest BCUT2D eigenvalue weighted by Gasteiger charge is 2.18. The molecule has 0 radical (unpaired) electrons. The Morgan fingerprint density at radius 1 is 0.362 bits per heavy atom. The average molecular weight is 608 g/mol. The van der Waals surface area contributed by atoms with Gasteiger partial charge in [-0.05, 0) is 86.0 Å². The van der Waals surface area contributed by atoms with Crippen molar-refractivity contribution in [1.29, 1.82) is 0 Å². The number of hydrogen-bond acceptors (Lipinski definition) is 1. The van der Waals surface area contributed by atoms with E-state index in [1.807, 2.05) is 109 Å². The maximum absolute atomic E-state index is 9.74. The second-order valence-corrected chi connectivity index (χ2v) is 11.2. The van der Waals surface area contributed by atoms with Gasteiger partial charge in [-0.2, -0.15) is 0 Å². The molecule has 0 aliphatic heterocycles. The lowest BCUT2D eigenvalue weighted by Gasteiger charge is -2.28. The SMILES string of the molecule is [2H]c1c([2H])c(-c2ccc3ccccc3c2)c([2H])c(N(c2ccccc2-c2ccc(-c3ccccc3)cc2)c2c([2H])c([2H])c(-c3ccccc3)c([2H])c2[2H])c1[2H]. The van der Waals surface area contributed by atoms with E-state index in [-0.39, 0.29) is 58.8 Å². The Morgan fingerprint density at radius 3 is 1.68 bits per heavy atom. The molecule has 0 unspecified atom stereocenters. The van der Waals surface area contributed by atoms with Gasteiger partial charge in [-0.1, -0.05) is 164 Å². The minimum atomic E-state index is -0.447. The van der Waals surface area contributed by atoms with E-state index in [2.05, 4.69) is 0 Å². The van der Waals surface area contributed by atoms with E-state index < -0.39 is 12.1 Å². The van der Waals surface area contributed by atoms with Crippen LogP contribution in [0.15, 0.2) is 200 Å². The Kier molecular flexibility index (Phi) is 5.60. The Labute approximate surface area is 287 Å². The molecule has 1 heteroatoms. The molecule has 8 aromatic rings. The minimum absolute atomic E-state index is 0.118. The largest absolute Gasteiger partial charge is 0.310 e. The van der Waals surface area contributed by atoms with Gasteiger partial charge in [0.2, 0.25) is 0 Å². The molecule has 47 heavy (non-hydrogen) atoms. The Hall–Kier alpha value is -6.18. The first-order valence-corrected chi connectivity index (χ1v) is 15.5. The maximum Gasteiger partial charge on any atom is 0.0651 e. The van der Waals surface area contributed by atoms with Crippen molar-refractivity contribution in [3.05, 3.63) is 200 Å². The van der Waals surface area contributed by atoms with Crippen LogP contribution in [0.25, 0.3) is 55.3 Å². The summed E-state index contributed by atoms with van der Waals surface area (Å²) >= 11 is 0. The zero-order valence-electron chi connectivity index (χ0n) is 33.4. The third-order valence-corrected chi connectivity index (χ3v) is 8.22. The highest BCUT2D eigenvalue weighted by molar-refractivity contribution is 5.91. The van der Waals surface area contributed by atoms with Gasteiger partial charge in [-0.15, -0.1) is 0 Å². The predicted octanol–water partition coefficient (Wildman–Crippen LogP) is 13.0. The standard InChI is InChI=1S/C46H33N/c1-3-12-34(13-4-1)37-22-25-39(26-23-37)45-20-9-10-21-46(45)47(43-30-28-38(29-31-43)35-14-5-2-6-15-35)44-19-11-18-41(33-44)42-27-24-36-16-7-8-17-40(36)32-42/h1-33H/i11D,18D,19D,28D,29D,30D,31D,33D. The number of hydrogen-bond donors (Lipinski definition) is 0. The molecule has 0 N–H and O–H groups in total. The summed E-state index contributed by atoms with van der Waals surface area (Å²) in [6.45, 7) is 0. The summed E-state index contributed by atoms with van der Waals surface area (Å²) in [5.41, 5.74) is 4.80. The van der Waals surface area contributed by atoms with Crippen LogP contribution in [0.3, 0.4) is 0 Å². The molecule has 1 nitrogen and oxygen atoms in total. The summed E-state index contributed by atoms with van der Waals surface area (Å²) in [6, 6.07) is 44.4. The van der Waals surface area contributed by atoms with Crippen LogP contribution in [-0.4, -0.2) is 0 Å². The number of rotatable bonds is 7. The lowest BCUT2D eigenvalue weighted by molar-refractivity contribution is 1.28. The molecule has 0 saturated heterocycles. The van der Waals surface area contributed by atoms with Crippen molar-refractivity contribution < 1.29 is 11.0 Å². The van der Waals surface area contributed by atoms with Crippen LogP contribution in [0, 0.1) is 0 Å². The summed E-state index contributed by atoms with van der Waals surface area (Å²) in [5.74, 6) is 0. The van der Waals surface area contributed by atoms with Gasteiger partial charge < -0.3 is 4.90 Å². The van der Waals surface area contributed by atoms with Gasteiger partial charge in [0.1, 0.15) is 0 Å². The van der Waals surface area contributed by atoms with E-state index >= 15 is 0 Å². The van der Waals surface area contributed by atoms with E-state index in [0.29, 0.717) is 22.4 Å². The molecule has 8 rings (SSSR count). The van der Waals surface area contributed by atoms with Crippen molar-refractivity contribution in [1.82, 2.24) is 0 Å². The molecule has 0 aliphatic rings. The summed E-state index contributed by atoms with van der Waals surface area (Å²) < 4.78 is 74.5. The molecule has 0 amide bonds. The molecule has 8 aromatic carbocycles. The quantitative estimate of drug-likeness (QED) is 0.174. The predicted molar refractivity (Wildman–Crippen MR) is 200 cm³/mol. The molecule has 0 spiro atoms. The van der Waals surface area contributed by atoms with Gasteiger partial charge in [0, 0.05) is 16.9 Å². The minimum Gasteiger partial charge on any atom is -0.310 e. The molecular formula is C46H33N. The fourth-order valence-corrected chi connectivity index (χ4v) is 5.84. The van der Waals surface area contributed by atoms with Crippen LogP contribution in [-0.2, 0) is 0 Å². The topological polar surface area (TPSA) is 3.24 Å². The molecule has 0 aromatic heterocycles. The lowest BCUT2D eigenvalue weighted by atomic mass is 9.97. The zero-order valence-corrected chi connectivity index (χ0v) is 25.4. The first-order chi connectivity index (χ1) is 26.7. The van der Waals surface area contributed by atoms with Crippen LogP contribution < -0.4 is 4.90 Å². The fraction of sp³-hybridized carbons (Fsp3) is 0. The maximum atomic E-state index is 9.74. The van der Waals surface area contributed by atoms with Crippen LogP contribution in [0.5, 0.6) is 0 Å². The van der Waals surface area contributed by atoms with Crippen molar-refractivity contribution in [3.63, 3.8) is 0 Å². The molecule has 0 saturated carbocycles. The zero-order chi connectivity index (χ0) is 38.4. The Balaban J connectivity index is 1.43. The summed E-state index contributed by atoms with van der Waals surface area (Å²) in [6.07, 6.45) is 0. The number of anilines is 3.